The molecule has 6 aromatic rings. The van der Waals surface area contributed by atoms with Crippen LogP contribution in [-0.2, 0) is 65.5 Å². The number of carbonyl (C=O) groups is 2. The number of ether oxygens (including phenoxy) is 4. The third-order valence-electron chi connectivity index (χ3n) is 15.6. The Morgan fingerprint density at radius 3 is 1.80 bits per heavy atom. The number of benzene rings is 5. The predicted octanol–water partition coefficient (Wildman–Crippen LogP) is 8.07. The van der Waals surface area contributed by atoms with Crippen molar-refractivity contribution in [2.45, 2.75) is 125 Å². The summed E-state index contributed by atoms with van der Waals surface area (Å²) in [7, 11) is -12.3. The molecule has 28 heteroatoms. The minimum Gasteiger partial charge on any atom is -0.497 e. The summed E-state index contributed by atoms with van der Waals surface area (Å²) in [5, 5.41) is 24.9. The molecule has 1 fully saturated rings. The Kier molecular flexibility index (Phi) is 22.5. The summed E-state index contributed by atoms with van der Waals surface area (Å²) in [5.74, 6) is 1.35. The molecule has 0 saturated carbocycles. The van der Waals surface area contributed by atoms with E-state index in [1.54, 1.807) is 123 Å². The Labute approximate surface area is 518 Å². The first kappa shape index (κ1) is 68.3. The van der Waals surface area contributed by atoms with E-state index in [1.807, 2.05) is 39.9 Å². The lowest BCUT2D eigenvalue weighted by molar-refractivity contribution is 0.102. The van der Waals surface area contributed by atoms with Gasteiger partial charge in [0.1, 0.15) is 33.6 Å². The number of amides is 2. The second kappa shape index (κ2) is 29.0. The maximum Gasteiger partial charge on any atom is 0.407 e. The van der Waals surface area contributed by atoms with E-state index in [4.69, 9.17) is 28.5 Å². The van der Waals surface area contributed by atoms with Gasteiger partial charge in [-0.1, -0.05) is 87.5 Å². The normalized spacial score (nSPS) is 14.1. The van der Waals surface area contributed by atoms with Crippen LogP contribution in [0, 0.1) is 0 Å². The molecule has 0 spiro atoms. The molecule has 1 aliphatic heterocycles. The number of hydrogen-bond donors (Lipinski definition) is 4. The van der Waals surface area contributed by atoms with Crippen LogP contribution in [0.15, 0.2) is 125 Å². The van der Waals surface area contributed by atoms with Gasteiger partial charge in [-0.25, -0.2) is 44.3 Å². The largest absolute Gasteiger partial charge is 0.497 e. The van der Waals surface area contributed by atoms with Gasteiger partial charge in [-0.2, -0.15) is 9.10 Å². The highest BCUT2D eigenvalue weighted by atomic mass is 32.2. The van der Waals surface area contributed by atoms with Crippen molar-refractivity contribution >= 4 is 56.3 Å². The van der Waals surface area contributed by atoms with E-state index in [1.165, 1.54) is 38.3 Å². The highest BCUT2D eigenvalue weighted by Gasteiger charge is 2.42. The molecule has 0 aliphatic carbocycles. The number of sulfonamides is 3. The minimum atomic E-state index is -5.13. The molecule has 2 amide bonds. The van der Waals surface area contributed by atoms with Crippen LogP contribution < -0.4 is 33.9 Å². The summed E-state index contributed by atoms with van der Waals surface area (Å²) in [4.78, 5) is 28.2. The van der Waals surface area contributed by atoms with Crippen molar-refractivity contribution in [1.29, 1.82) is 0 Å². The molecular formula is C60H82N10O14S3Si. The van der Waals surface area contributed by atoms with E-state index in [-0.39, 0.29) is 101 Å². The van der Waals surface area contributed by atoms with Crippen LogP contribution in [0.25, 0.3) is 11.4 Å². The maximum absolute atomic E-state index is 16.6. The molecule has 1 atom stereocenters. The number of anilines is 1. The lowest BCUT2D eigenvalue weighted by Gasteiger charge is -2.37. The molecular weight excluding hydrogens is 1210 g/mol. The number of hydrogen-bond acceptors (Lipinski definition) is 17. The second-order valence-electron chi connectivity index (χ2n) is 23.8. The molecule has 0 radical (unpaired) electrons. The highest BCUT2D eigenvalue weighted by Crippen LogP contribution is 2.43. The number of nitrogens with one attached hydrogen (secondary N) is 3. The first-order valence-corrected chi connectivity index (χ1v) is 36.0. The number of tetrazole rings is 1. The minimum absolute atomic E-state index is 0.0198. The molecule has 1 aliphatic rings. The van der Waals surface area contributed by atoms with Gasteiger partial charge in [0.25, 0.3) is 0 Å². The van der Waals surface area contributed by atoms with Crippen molar-refractivity contribution in [1.82, 2.24) is 44.2 Å². The summed E-state index contributed by atoms with van der Waals surface area (Å²) >= 11 is 0. The van der Waals surface area contributed by atoms with Crippen LogP contribution in [-0.4, -0.2) is 158 Å². The Balaban J connectivity index is 1.40. The van der Waals surface area contributed by atoms with Gasteiger partial charge in [0, 0.05) is 57.0 Å². The van der Waals surface area contributed by atoms with Crippen molar-refractivity contribution < 1.29 is 63.3 Å². The van der Waals surface area contributed by atoms with Gasteiger partial charge in [0.2, 0.25) is 35.9 Å². The van der Waals surface area contributed by atoms with Crippen LogP contribution in [0.3, 0.4) is 0 Å². The summed E-state index contributed by atoms with van der Waals surface area (Å²) in [6, 6.07) is 31.0. The third kappa shape index (κ3) is 17.8. The number of aromatic nitrogens is 4. The zero-order valence-corrected chi connectivity index (χ0v) is 55.2. The first-order valence-electron chi connectivity index (χ1n) is 28.6. The standard InChI is InChI=1S/C60H82N10O14S3Si/c1-59(2,3)69(58(72)73)36-33-62-85(74,75)51-31-34-67(35-32-51)52-29-30-53(86(76,77)65-47(42-84-88(10,11)60(4,5)6)37-61-57(71)83-41-46-15-13-12-14-16-46)55(54(52)56-63-66-70(64-56)40-45-21-27-50(82-9)28-22-45)87(78,79)68(38-43-17-23-48(80-7)24-18-43)39-44-19-25-49(81-8)26-20-44/h12-30,47,51,62,65H,31-42H2,1-11H3,(H,61,71)(H,72,73)/t47-/m0/s1. The SMILES string of the molecule is COc1ccc(CN(Cc2ccc(OC)cc2)S(=O)(=O)c2c(S(=O)(=O)N[C@@H](CNC(=O)OCc3ccccc3)CO[Si](C)(C)C(C)(C)C)ccc(N3CCC(S(=O)(=O)NCCN(C(=O)O)C(C)(C)C)CC3)c2-c2nnn(Cc3ccc(OC)cc3)n2)cc1. The van der Waals surface area contributed by atoms with Crippen molar-refractivity contribution in [3.8, 4) is 28.6 Å². The smallest absolute Gasteiger partial charge is 0.407 e. The molecule has 2 heterocycles. The van der Waals surface area contributed by atoms with Crippen LogP contribution in [0.5, 0.6) is 17.2 Å². The number of carbonyl (C=O) groups excluding carboxylic acids is 1. The van der Waals surface area contributed by atoms with E-state index in [9.17, 15) is 23.1 Å². The van der Waals surface area contributed by atoms with Gasteiger partial charge in [0.05, 0.1) is 51.3 Å². The van der Waals surface area contributed by atoms with E-state index in [0.29, 0.717) is 28.4 Å². The lowest BCUT2D eigenvalue weighted by Crippen LogP contribution is -2.50. The van der Waals surface area contributed by atoms with Gasteiger partial charge in [-0.3, -0.25) is 0 Å². The van der Waals surface area contributed by atoms with Crippen LogP contribution in [0.1, 0.15) is 76.6 Å². The lowest BCUT2D eigenvalue weighted by atomic mass is 10.1. The highest BCUT2D eigenvalue weighted by molar-refractivity contribution is 7.92. The fourth-order valence-electron chi connectivity index (χ4n) is 9.50. The number of methoxy groups -OCH3 is 3. The van der Waals surface area contributed by atoms with E-state index < -0.39 is 77.2 Å². The van der Waals surface area contributed by atoms with Gasteiger partial charge in [-0.15, -0.1) is 10.2 Å². The zero-order valence-electron chi connectivity index (χ0n) is 51.7. The topological polar surface area (TPSA) is 292 Å². The van der Waals surface area contributed by atoms with Crippen molar-refractivity contribution in [2.75, 3.05) is 65.6 Å². The molecule has 5 aromatic carbocycles. The summed E-state index contributed by atoms with van der Waals surface area (Å²) in [6.45, 7) is 13.7. The Hall–Kier alpha value is -7.18. The average Bonchev–Trinajstić information content (AvgIpc) is 1.62. The molecule has 0 unspecified atom stereocenters. The second-order valence-corrected chi connectivity index (χ2v) is 34.2. The molecule has 478 valence electrons. The molecule has 88 heavy (non-hydrogen) atoms. The summed E-state index contributed by atoms with van der Waals surface area (Å²) < 4.78 is 128. The monoisotopic (exact) mass is 1290 g/mol. The molecule has 4 N–H and O–H groups in total. The fourth-order valence-corrected chi connectivity index (χ4v) is 15.6. The van der Waals surface area contributed by atoms with E-state index >= 15 is 16.8 Å². The Morgan fingerprint density at radius 2 is 1.28 bits per heavy atom. The van der Waals surface area contributed by atoms with E-state index in [2.05, 4.69) is 25.1 Å². The number of alkyl carbamates (subject to hydrolysis) is 1. The average molecular weight is 1290 g/mol. The van der Waals surface area contributed by atoms with Crippen LogP contribution in [0.4, 0.5) is 15.3 Å². The maximum atomic E-state index is 16.6. The summed E-state index contributed by atoms with van der Waals surface area (Å²) in [6.07, 6.45) is -1.99. The van der Waals surface area contributed by atoms with Crippen LogP contribution in [0.2, 0.25) is 18.1 Å². The van der Waals surface area contributed by atoms with Crippen molar-refractivity contribution in [3.63, 3.8) is 0 Å². The number of piperidine rings is 1. The van der Waals surface area contributed by atoms with Crippen molar-refractivity contribution in [3.05, 3.63) is 138 Å². The third-order valence-corrected chi connectivity index (χ3v) is 25.6. The van der Waals surface area contributed by atoms with E-state index in [0.717, 1.165) is 20.3 Å². The number of rotatable bonds is 28. The zero-order chi connectivity index (χ0) is 64.2. The predicted molar refractivity (Wildman–Crippen MR) is 336 cm³/mol. The van der Waals surface area contributed by atoms with Crippen LogP contribution >= 0.6 is 0 Å². The number of nitrogens with zero attached hydrogens (tertiary/aromatic N) is 7. The van der Waals surface area contributed by atoms with Gasteiger partial charge < -0.3 is 43.6 Å². The molecule has 24 nitrogen and oxygen atoms in total. The molecule has 0 bridgehead atoms. The van der Waals surface area contributed by atoms with Crippen molar-refractivity contribution in [2.24, 2.45) is 0 Å². The molecule has 7 rings (SSSR count). The number of carboxylic acid groups (broad SMARTS) is 1. The first-order chi connectivity index (χ1) is 41.4. The Morgan fingerprint density at radius 1 is 0.739 bits per heavy atom. The fraction of sp³-hybridized carbons (Fsp3) is 0.450. The van der Waals surface area contributed by atoms with Gasteiger partial charge in [-0.05, 0) is 128 Å². The Bertz CT molecular complexity index is 3610. The molecule has 1 saturated heterocycles. The van der Waals surface area contributed by atoms with Gasteiger partial charge in [0.15, 0.2) is 8.32 Å². The molecule has 1 aromatic heterocycles. The van der Waals surface area contributed by atoms with Gasteiger partial charge >= 0.3 is 12.2 Å². The quantitative estimate of drug-likeness (QED) is 0.0338. The summed E-state index contributed by atoms with van der Waals surface area (Å²) in [5.41, 5.74) is 1.58.